The molecule has 0 bridgehead atoms. The molecule has 2 rings (SSSR count). The molecule has 0 aliphatic rings. The van der Waals surface area contributed by atoms with Crippen LogP contribution >= 0.6 is 23.1 Å². The number of nitrogens with zero attached hydrogens (tertiary/aromatic N) is 2. The van der Waals surface area contributed by atoms with Crippen LogP contribution in [-0.4, -0.2) is 30.1 Å². The number of hydrogen-bond acceptors (Lipinski definition) is 5. The number of nitrogens with two attached hydrogens (primary N) is 1. The van der Waals surface area contributed by atoms with Crippen molar-refractivity contribution in [3.8, 4) is 11.3 Å². The molecular weight excluding hydrogens is 286 g/mol. The molecule has 0 aliphatic heterocycles. The molecule has 0 fully saturated rings. The number of benzene rings is 1. The summed E-state index contributed by atoms with van der Waals surface area (Å²) < 4.78 is 0. The van der Waals surface area contributed by atoms with Crippen LogP contribution in [0.25, 0.3) is 11.3 Å². The van der Waals surface area contributed by atoms with Crippen LogP contribution in [0, 0.1) is 0 Å². The first kappa shape index (κ1) is 15.4. The van der Waals surface area contributed by atoms with E-state index in [1.54, 1.807) is 11.3 Å². The van der Waals surface area contributed by atoms with Crippen molar-refractivity contribution in [3.63, 3.8) is 0 Å². The summed E-state index contributed by atoms with van der Waals surface area (Å²) in [5, 5.41) is 1.05. The van der Waals surface area contributed by atoms with Gasteiger partial charge >= 0.3 is 0 Å². The van der Waals surface area contributed by atoms with E-state index in [4.69, 9.17) is 10.7 Å². The van der Waals surface area contributed by atoms with Crippen LogP contribution in [0.3, 0.4) is 0 Å². The zero-order valence-electron chi connectivity index (χ0n) is 12.2. The van der Waals surface area contributed by atoms with Gasteiger partial charge in [-0.05, 0) is 13.2 Å². The molecule has 0 radical (unpaired) electrons. The van der Waals surface area contributed by atoms with Gasteiger partial charge in [-0.15, -0.1) is 0 Å². The molecule has 2 N–H and O–H groups in total. The number of thioether (sulfide) groups is 1. The van der Waals surface area contributed by atoms with Crippen LogP contribution < -0.4 is 10.6 Å². The van der Waals surface area contributed by atoms with Gasteiger partial charge in [-0.3, -0.25) is 0 Å². The second kappa shape index (κ2) is 7.11. The third-order valence-corrected chi connectivity index (χ3v) is 5.27. The fourth-order valence-electron chi connectivity index (χ4n) is 1.99. The SMILES string of the molecule is CSCC(C)N(C)c1nc(-c2ccccc2)c(CN)s1. The van der Waals surface area contributed by atoms with Crippen molar-refractivity contribution >= 4 is 28.2 Å². The molecule has 1 unspecified atom stereocenters. The molecule has 0 spiro atoms. The fraction of sp³-hybridized carbons (Fsp3) is 0.400. The normalized spacial score (nSPS) is 12.4. The summed E-state index contributed by atoms with van der Waals surface area (Å²) in [4.78, 5) is 8.20. The third kappa shape index (κ3) is 3.34. The van der Waals surface area contributed by atoms with E-state index < -0.39 is 0 Å². The fourth-order valence-corrected chi connectivity index (χ4v) is 3.72. The van der Waals surface area contributed by atoms with Gasteiger partial charge in [0.15, 0.2) is 5.13 Å². The lowest BCUT2D eigenvalue weighted by Crippen LogP contribution is -2.30. The van der Waals surface area contributed by atoms with Crippen molar-refractivity contribution in [2.24, 2.45) is 5.73 Å². The topological polar surface area (TPSA) is 42.2 Å². The molecule has 0 saturated carbocycles. The van der Waals surface area contributed by atoms with E-state index in [0.717, 1.165) is 27.0 Å². The molecule has 1 atom stereocenters. The van der Waals surface area contributed by atoms with Gasteiger partial charge in [-0.1, -0.05) is 41.7 Å². The summed E-state index contributed by atoms with van der Waals surface area (Å²) in [6.45, 7) is 2.76. The molecule has 5 heteroatoms. The first-order chi connectivity index (χ1) is 9.67. The largest absolute Gasteiger partial charge is 0.348 e. The van der Waals surface area contributed by atoms with E-state index in [0.29, 0.717) is 12.6 Å². The lowest BCUT2D eigenvalue weighted by molar-refractivity contribution is 0.762. The van der Waals surface area contributed by atoms with E-state index in [1.807, 2.05) is 30.0 Å². The maximum absolute atomic E-state index is 5.88. The monoisotopic (exact) mass is 307 g/mol. The molecule has 1 heterocycles. The second-order valence-corrected chi connectivity index (χ2v) is 6.73. The Labute approximate surface area is 129 Å². The van der Waals surface area contributed by atoms with Gasteiger partial charge in [0.25, 0.3) is 0 Å². The minimum Gasteiger partial charge on any atom is -0.348 e. The van der Waals surface area contributed by atoms with Crippen molar-refractivity contribution in [2.45, 2.75) is 19.5 Å². The molecule has 108 valence electrons. The summed E-state index contributed by atoms with van der Waals surface area (Å²) in [7, 11) is 2.11. The van der Waals surface area contributed by atoms with Gasteiger partial charge in [0, 0.05) is 35.8 Å². The number of rotatable bonds is 6. The van der Waals surface area contributed by atoms with Gasteiger partial charge in [-0.2, -0.15) is 11.8 Å². The van der Waals surface area contributed by atoms with Crippen LogP contribution in [-0.2, 0) is 6.54 Å². The predicted octanol–water partition coefficient (Wildman–Crippen LogP) is 3.46. The lowest BCUT2D eigenvalue weighted by Gasteiger charge is -2.23. The molecule has 2 aromatic rings. The maximum Gasteiger partial charge on any atom is 0.186 e. The Morgan fingerprint density at radius 3 is 2.65 bits per heavy atom. The number of thiazole rings is 1. The number of aromatic nitrogens is 1. The van der Waals surface area contributed by atoms with Crippen LogP contribution in [0.1, 0.15) is 11.8 Å². The van der Waals surface area contributed by atoms with E-state index in [1.165, 1.54) is 0 Å². The first-order valence-electron chi connectivity index (χ1n) is 6.64. The van der Waals surface area contributed by atoms with Gasteiger partial charge in [0.1, 0.15) is 0 Å². The smallest absolute Gasteiger partial charge is 0.186 e. The summed E-state index contributed by atoms with van der Waals surface area (Å²) in [6, 6.07) is 10.7. The quantitative estimate of drug-likeness (QED) is 0.887. The van der Waals surface area contributed by atoms with Crippen LogP contribution in [0.5, 0.6) is 0 Å². The lowest BCUT2D eigenvalue weighted by atomic mass is 10.1. The van der Waals surface area contributed by atoms with Gasteiger partial charge in [0.2, 0.25) is 0 Å². The number of hydrogen-bond donors (Lipinski definition) is 1. The van der Waals surface area contributed by atoms with Crippen molar-refractivity contribution < 1.29 is 0 Å². The minimum atomic E-state index is 0.463. The molecule has 1 aromatic carbocycles. The Balaban J connectivity index is 2.32. The molecule has 1 aromatic heterocycles. The molecule has 3 nitrogen and oxygen atoms in total. The van der Waals surface area contributed by atoms with Crippen molar-refractivity contribution in [1.29, 1.82) is 0 Å². The van der Waals surface area contributed by atoms with E-state index in [9.17, 15) is 0 Å². The van der Waals surface area contributed by atoms with Crippen molar-refractivity contribution in [1.82, 2.24) is 4.98 Å². The Morgan fingerprint density at radius 2 is 2.05 bits per heavy atom. The van der Waals surface area contributed by atoms with E-state index in [2.05, 4.69) is 37.3 Å². The highest BCUT2D eigenvalue weighted by molar-refractivity contribution is 7.98. The molecule has 0 aliphatic carbocycles. The highest BCUT2D eigenvalue weighted by Gasteiger charge is 2.17. The Kier molecular flexibility index (Phi) is 5.46. The predicted molar refractivity (Wildman–Crippen MR) is 91.7 cm³/mol. The average molecular weight is 307 g/mol. The zero-order valence-corrected chi connectivity index (χ0v) is 13.8. The van der Waals surface area contributed by atoms with Gasteiger partial charge < -0.3 is 10.6 Å². The maximum atomic E-state index is 5.88. The van der Waals surface area contributed by atoms with Crippen LogP contribution in [0.4, 0.5) is 5.13 Å². The molecule has 20 heavy (non-hydrogen) atoms. The van der Waals surface area contributed by atoms with E-state index >= 15 is 0 Å². The minimum absolute atomic E-state index is 0.463. The Morgan fingerprint density at radius 1 is 1.35 bits per heavy atom. The summed E-state index contributed by atoms with van der Waals surface area (Å²) >= 11 is 3.55. The zero-order chi connectivity index (χ0) is 14.5. The summed E-state index contributed by atoms with van der Waals surface area (Å²) in [5.74, 6) is 1.09. The van der Waals surface area contributed by atoms with Crippen molar-refractivity contribution in [3.05, 3.63) is 35.2 Å². The van der Waals surface area contributed by atoms with E-state index in [-0.39, 0.29) is 0 Å². The second-order valence-electron chi connectivity index (χ2n) is 4.75. The van der Waals surface area contributed by atoms with Crippen LogP contribution in [0.2, 0.25) is 0 Å². The first-order valence-corrected chi connectivity index (χ1v) is 8.85. The molecule has 0 amide bonds. The number of anilines is 1. The van der Waals surface area contributed by atoms with Crippen molar-refractivity contribution in [2.75, 3.05) is 24.0 Å². The standard InChI is InChI=1S/C15H21N3S2/c1-11(10-19-3)18(2)15-17-14(13(9-16)20-15)12-7-5-4-6-8-12/h4-8,11H,9-10,16H2,1-3H3. The summed E-state index contributed by atoms with van der Waals surface area (Å²) in [5.41, 5.74) is 8.05. The third-order valence-electron chi connectivity index (χ3n) is 3.29. The van der Waals surface area contributed by atoms with Crippen LogP contribution in [0.15, 0.2) is 30.3 Å². The Hall–Kier alpha value is -1.04. The highest BCUT2D eigenvalue weighted by Crippen LogP contribution is 2.33. The van der Waals surface area contributed by atoms with Gasteiger partial charge in [0.05, 0.1) is 5.69 Å². The Bertz CT molecular complexity index is 539. The highest BCUT2D eigenvalue weighted by atomic mass is 32.2. The average Bonchev–Trinajstić information content (AvgIpc) is 2.91. The van der Waals surface area contributed by atoms with Gasteiger partial charge in [-0.25, -0.2) is 4.98 Å². The molecular formula is C15H21N3S2. The summed E-state index contributed by atoms with van der Waals surface area (Å²) in [6.07, 6.45) is 2.13. The molecule has 0 saturated heterocycles.